The summed E-state index contributed by atoms with van der Waals surface area (Å²) in [5.74, 6) is 0. The Balaban J connectivity index is 2.78. The van der Waals surface area contributed by atoms with Gasteiger partial charge in [-0.3, -0.25) is 0 Å². The van der Waals surface area contributed by atoms with Crippen molar-refractivity contribution in [3.63, 3.8) is 0 Å². The third-order valence-electron chi connectivity index (χ3n) is 4.20. The van der Waals surface area contributed by atoms with E-state index < -0.39 is 8.32 Å². The van der Waals surface area contributed by atoms with Gasteiger partial charge in [-0.15, -0.1) is 0 Å². The standard InChI is InChI=1S/C15H29NOSi/c1-12(17-18(6,7)15(2,3)4)14-10-8-9-13(14)11-16-5/h8-9,12,16H,10-11H2,1-7H3/t12-/m0/s1. The number of likely N-dealkylation sites (N-methyl/N-ethyl adjacent to an activating group) is 1. The summed E-state index contributed by atoms with van der Waals surface area (Å²) >= 11 is 0. The van der Waals surface area contributed by atoms with Crippen LogP contribution in [0.25, 0.3) is 0 Å². The minimum Gasteiger partial charge on any atom is -0.411 e. The minimum atomic E-state index is -1.67. The first-order chi connectivity index (χ1) is 8.19. The van der Waals surface area contributed by atoms with Crippen molar-refractivity contribution in [3.05, 3.63) is 23.3 Å². The number of allylic oxidation sites excluding steroid dienone is 1. The van der Waals surface area contributed by atoms with Gasteiger partial charge in [-0.1, -0.05) is 32.9 Å². The molecule has 18 heavy (non-hydrogen) atoms. The zero-order valence-electron chi connectivity index (χ0n) is 13.1. The van der Waals surface area contributed by atoms with Crippen molar-refractivity contribution in [3.8, 4) is 0 Å². The Morgan fingerprint density at radius 1 is 1.39 bits per heavy atom. The maximum absolute atomic E-state index is 6.48. The zero-order chi connectivity index (χ0) is 14.0. The number of hydrogen-bond donors (Lipinski definition) is 1. The summed E-state index contributed by atoms with van der Waals surface area (Å²) in [6, 6.07) is 0. The van der Waals surface area contributed by atoms with Crippen LogP contribution in [0, 0.1) is 0 Å². The van der Waals surface area contributed by atoms with E-state index in [1.165, 1.54) is 11.1 Å². The second-order valence-electron chi connectivity index (χ2n) is 6.71. The monoisotopic (exact) mass is 267 g/mol. The first-order valence-electron chi connectivity index (χ1n) is 6.90. The Bertz CT molecular complexity index is 350. The summed E-state index contributed by atoms with van der Waals surface area (Å²) < 4.78 is 6.48. The summed E-state index contributed by atoms with van der Waals surface area (Å²) in [7, 11) is 0.326. The third-order valence-corrected chi connectivity index (χ3v) is 8.76. The van der Waals surface area contributed by atoms with Gasteiger partial charge >= 0.3 is 0 Å². The fourth-order valence-electron chi connectivity index (χ4n) is 2.05. The van der Waals surface area contributed by atoms with Gasteiger partial charge in [0, 0.05) is 6.54 Å². The molecule has 0 bridgehead atoms. The molecular formula is C15H29NOSi. The van der Waals surface area contributed by atoms with Crippen molar-refractivity contribution in [2.45, 2.75) is 58.4 Å². The lowest BCUT2D eigenvalue weighted by Crippen LogP contribution is -2.43. The normalized spacial score (nSPS) is 18.6. The summed E-state index contributed by atoms with van der Waals surface area (Å²) in [6.45, 7) is 14.7. The van der Waals surface area contributed by atoms with Crippen LogP contribution in [0.2, 0.25) is 18.1 Å². The van der Waals surface area contributed by atoms with Crippen LogP contribution in [-0.4, -0.2) is 28.0 Å². The Morgan fingerprint density at radius 2 is 2.00 bits per heavy atom. The molecule has 0 amide bonds. The summed E-state index contributed by atoms with van der Waals surface area (Å²) in [6.07, 6.45) is 5.77. The topological polar surface area (TPSA) is 21.3 Å². The fourth-order valence-corrected chi connectivity index (χ4v) is 3.43. The van der Waals surface area contributed by atoms with E-state index in [-0.39, 0.29) is 11.1 Å². The van der Waals surface area contributed by atoms with E-state index in [1.54, 1.807) is 0 Å². The lowest BCUT2D eigenvalue weighted by atomic mass is 10.1. The van der Waals surface area contributed by atoms with Crippen LogP contribution < -0.4 is 5.32 Å². The molecule has 0 fully saturated rings. The van der Waals surface area contributed by atoms with Crippen LogP contribution in [0.15, 0.2) is 23.3 Å². The predicted octanol–water partition coefficient (Wildman–Crippen LogP) is 3.87. The van der Waals surface area contributed by atoms with E-state index in [0.717, 1.165) is 13.0 Å². The van der Waals surface area contributed by atoms with Crippen molar-refractivity contribution in [1.82, 2.24) is 5.32 Å². The van der Waals surface area contributed by atoms with E-state index in [1.807, 2.05) is 7.05 Å². The molecule has 1 N–H and O–H groups in total. The van der Waals surface area contributed by atoms with Gasteiger partial charge in [0.05, 0.1) is 6.10 Å². The van der Waals surface area contributed by atoms with Crippen LogP contribution in [-0.2, 0) is 4.43 Å². The highest BCUT2D eigenvalue weighted by molar-refractivity contribution is 6.74. The Morgan fingerprint density at radius 3 is 2.50 bits per heavy atom. The van der Waals surface area contributed by atoms with E-state index in [2.05, 4.69) is 58.3 Å². The van der Waals surface area contributed by atoms with Crippen molar-refractivity contribution in [2.24, 2.45) is 0 Å². The van der Waals surface area contributed by atoms with Gasteiger partial charge in [0.1, 0.15) is 0 Å². The Labute approximate surface area is 114 Å². The first kappa shape index (κ1) is 15.7. The predicted molar refractivity (Wildman–Crippen MR) is 82.5 cm³/mol. The van der Waals surface area contributed by atoms with Crippen LogP contribution in [0.1, 0.15) is 34.1 Å². The van der Waals surface area contributed by atoms with Crippen molar-refractivity contribution in [2.75, 3.05) is 13.6 Å². The van der Waals surface area contributed by atoms with Crippen LogP contribution in [0.4, 0.5) is 0 Å². The zero-order valence-corrected chi connectivity index (χ0v) is 14.1. The summed E-state index contributed by atoms with van der Waals surface area (Å²) in [5, 5.41) is 3.51. The molecule has 2 nitrogen and oxygen atoms in total. The molecule has 0 aromatic rings. The van der Waals surface area contributed by atoms with Gasteiger partial charge in [-0.2, -0.15) is 0 Å². The van der Waals surface area contributed by atoms with Crippen LogP contribution in [0.5, 0.6) is 0 Å². The van der Waals surface area contributed by atoms with E-state index in [9.17, 15) is 0 Å². The molecule has 0 saturated carbocycles. The maximum atomic E-state index is 6.48. The molecule has 0 heterocycles. The smallest absolute Gasteiger partial charge is 0.192 e. The van der Waals surface area contributed by atoms with Gasteiger partial charge in [0.15, 0.2) is 8.32 Å². The summed E-state index contributed by atoms with van der Waals surface area (Å²) in [4.78, 5) is 0. The van der Waals surface area contributed by atoms with Crippen molar-refractivity contribution in [1.29, 1.82) is 0 Å². The molecule has 0 aromatic carbocycles. The minimum absolute atomic E-state index is 0.240. The molecule has 0 aliphatic heterocycles. The molecular weight excluding hydrogens is 238 g/mol. The molecule has 0 radical (unpaired) electrons. The van der Waals surface area contributed by atoms with Crippen LogP contribution >= 0.6 is 0 Å². The Kier molecular flexibility index (Phi) is 4.98. The molecule has 104 valence electrons. The van der Waals surface area contributed by atoms with E-state index in [4.69, 9.17) is 4.43 Å². The molecule has 0 saturated heterocycles. The molecule has 1 atom stereocenters. The number of hydrogen-bond acceptors (Lipinski definition) is 2. The second kappa shape index (κ2) is 5.72. The van der Waals surface area contributed by atoms with Crippen LogP contribution in [0.3, 0.4) is 0 Å². The molecule has 0 aromatic heterocycles. The third kappa shape index (κ3) is 3.56. The molecule has 1 aliphatic rings. The first-order valence-corrected chi connectivity index (χ1v) is 9.81. The highest BCUT2D eigenvalue weighted by Crippen LogP contribution is 2.38. The van der Waals surface area contributed by atoms with Crippen molar-refractivity contribution < 1.29 is 4.43 Å². The largest absolute Gasteiger partial charge is 0.411 e. The molecule has 1 aliphatic carbocycles. The van der Waals surface area contributed by atoms with Gasteiger partial charge in [0.2, 0.25) is 0 Å². The van der Waals surface area contributed by atoms with Gasteiger partial charge < -0.3 is 9.74 Å². The maximum Gasteiger partial charge on any atom is 0.192 e. The fraction of sp³-hybridized carbons (Fsp3) is 0.733. The lowest BCUT2D eigenvalue weighted by molar-refractivity contribution is 0.229. The van der Waals surface area contributed by atoms with Crippen molar-refractivity contribution >= 4 is 8.32 Å². The van der Waals surface area contributed by atoms with Gasteiger partial charge in [-0.25, -0.2) is 0 Å². The molecule has 0 spiro atoms. The average molecular weight is 267 g/mol. The SMILES string of the molecule is CNCC1=C([C@H](C)O[Si](C)(C)C(C)(C)C)CC=C1. The highest BCUT2D eigenvalue weighted by atomic mass is 28.4. The van der Waals surface area contributed by atoms with E-state index in [0.29, 0.717) is 0 Å². The molecule has 0 unspecified atom stereocenters. The Hall–Kier alpha value is -0.383. The molecule has 1 rings (SSSR count). The van der Waals surface area contributed by atoms with E-state index >= 15 is 0 Å². The quantitative estimate of drug-likeness (QED) is 0.763. The second-order valence-corrected chi connectivity index (χ2v) is 11.5. The average Bonchev–Trinajstić information content (AvgIpc) is 2.64. The molecule has 3 heteroatoms. The lowest BCUT2D eigenvalue weighted by Gasteiger charge is -2.39. The number of nitrogens with one attached hydrogen (secondary N) is 1. The van der Waals surface area contributed by atoms with Gasteiger partial charge in [-0.05, 0) is 49.7 Å². The number of rotatable bonds is 5. The van der Waals surface area contributed by atoms with Gasteiger partial charge in [0.25, 0.3) is 0 Å². The summed E-state index contributed by atoms with van der Waals surface area (Å²) in [5.41, 5.74) is 2.86. The highest BCUT2D eigenvalue weighted by Gasteiger charge is 2.39.